The van der Waals surface area contributed by atoms with Gasteiger partial charge in [0.05, 0.1) is 6.04 Å². The quantitative estimate of drug-likeness (QED) is 0.580. The lowest BCUT2D eigenvalue weighted by atomic mass is 10.2. The lowest BCUT2D eigenvalue weighted by Gasteiger charge is -2.36. The van der Waals surface area contributed by atoms with Gasteiger partial charge in [0.1, 0.15) is 5.60 Å². The molecule has 0 bridgehead atoms. The lowest BCUT2D eigenvalue weighted by molar-refractivity contribution is 0.0186. The second kappa shape index (κ2) is 5.50. The highest BCUT2D eigenvalue weighted by Crippen LogP contribution is 2.32. The molecule has 114 valence electrons. The molecule has 6 heteroatoms. The van der Waals surface area contributed by atoms with E-state index in [-0.39, 0.29) is 6.09 Å². The van der Waals surface area contributed by atoms with Crippen molar-refractivity contribution >= 4 is 12.1 Å². The van der Waals surface area contributed by atoms with E-state index >= 15 is 0 Å². The molecule has 0 radical (unpaired) electrons. The van der Waals surface area contributed by atoms with Crippen molar-refractivity contribution in [2.24, 2.45) is 16.6 Å². The summed E-state index contributed by atoms with van der Waals surface area (Å²) >= 11 is 0. The Kier molecular flexibility index (Phi) is 4.11. The summed E-state index contributed by atoms with van der Waals surface area (Å²) in [4.78, 5) is 20.2. The van der Waals surface area contributed by atoms with Crippen molar-refractivity contribution in [3.8, 4) is 0 Å². The summed E-state index contributed by atoms with van der Waals surface area (Å²) in [7, 11) is 0. The van der Waals surface area contributed by atoms with E-state index in [1.165, 1.54) is 0 Å². The van der Waals surface area contributed by atoms with E-state index in [2.05, 4.69) is 11.9 Å². The average molecular weight is 282 g/mol. The van der Waals surface area contributed by atoms with E-state index in [1.54, 1.807) is 4.90 Å². The maximum absolute atomic E-state index is 11.9. The minimum absolute atomic E-state index is 0.247. The van der Waals surface area contributed by atoms with Crippen molar-refractivity contribution in [1.29, 1.82) is 0 Å². The Bertz CT molecular complexity index is 394. The molecule has 2 N–H and O–H groups in total. The molecule has 0 spiro atoms. The van der Waals surface area contributed by atoms with Crippen molar-refractivity contribution in [3.05, 3.63) is 0 Å². The van der Waals surface area contributed by atoms with E-state index in [9.17, 15) is 4.79 Å². The number of aliphatic imine (C=N–C) groups is 1. The molecular weight excluding hydrogens is 256 g/mol. The molecule has 2 atom stereocenters. The molecule has 0 aromatic rings. The summed E-state index contributed by atoms with van der Waals surface area (Å²) in [6, 6.07) is 0.402. The van der Waals surface area contributed by atoms with Crippen LogP contribution >= 0.6 is 0 Å². The molecule has 1 heterocycles. The number of nitrogens with zero attached hydrogens (tertiary/aromatic N) is 3. The largest absolute Gasteiger partial charge is 0.444 e. The van der Waals surface area contributed by atoms with Gasteiger partial charge < -0.3 is 20.3 Å². The first kappa shape index (κ1) is 14.9. The van der Waals surface area contributed by atoms with Gasteiger partial charge in [-0.3, -0.25) is 0 Å². The van der Waals surface area contributed by atoms with Gasteiger partial charge in [-0.25, -0.2) is 9.79 Å². The van der Waals surface area contributed by atoms with Gasteiger partial charge in [0, 0.05) is 26.2 Å². The molecule has 1 amide bonds. The third-order valence-corrected chi connectivity index (χ3v) is 3.62. The van der Waals surface area contributed by atoms with Crippen LogP contribution in [0.25, 0.3) is 0 Å². The number of ether oxygens (including phenoxy) is 1. The van der Waals surface area contributed by atoms with Gasteiger partial charge in [-0.1, -0.05) is 6.92 Å². The van der Waals surface area contributed by atoms with Crippen molar-refractivity contribution in [2.45, 2.75) is 45.8 Å². The lowest BCUT2D eigenvalue weighted by Crippen LogP contribution is -2.53. The molecular formula is C14H26N4O2. The first-order valence-corrected chi connectivity index (χ1v) is 7.32. The summed E-state index contributed by atoms with van der Waals surface area (Å²) in [6.45, 7) is 10.5. The Labute approximate surface area is 121 Å². The molecule has 2 unspecified atom stereocenters. The molecule has 20 heavy (non-hydrogen) atoms. The molecule has 2 fully saturated rings. The predicted octanol–water partition coefficient (Wildman–Crippen LogP) is 1.26. The average Bonchev–Trinajstić information content (AvgIpc) is 3.03. The van der Waals surface area contributed by atoms with Crippen LogP contribution in [0.15, 0.2) is 4.99 Å². The number of amides is 1. The van der Waals surface area contributed by atoms with Gasteiger partial charge >= 0.3 is 6.09 Å². The fourth-order valence-corrected chi connectivity index (χ4v) is 2.18. The number of carbonyl (C=O) groups excluding carboxylic acids is 1. The molecule has 1 aliphatic heterocycles. The van der Waals surface area contributed by atoms with Crippen LogP contribution in [-0.4, -0.2) is 59.7 Å². The standard InChI is InChI=1S/C14H26N4O2/c1-10-9-11(10)16-12(15)17-5-7-18(8-6-17)13(19)20-14(2,3)4/h10-11H,5-9H2,1-4H3,(H2,15,16). The van der Waals surface area contributed by atoms with E-state index in [4.69, 9.17) is 10.5 Å². The minimum atomic E-state index is -0.448. The van der Waals surface area contributed by atoms with Gasteiger partial charge in [0.2, 0.25) is 0 Å². The number of carbonyl (C=O) groups is 1. The zero-order valence-corrected chi connectivity index (χ0v) is 12.9. The van der Waals surface area contributed by atoms with Crippen molar-refractivity contribution < 1.29 is 9.53 Å². The summed E-state index contributed by atoms with van der Waals surface area (Å²) in [6.07, 6.45) is 0.891. The molecule has 1 saturated carbocycles. The molecule has 1 aliphatic carbocycles. The van der Waals surface area contributed by atoms with Crippen molar-refractivity contribution in [1.82, 2.24) is 9.80 Å². The van der Waals surface area contributed by atoms with Gasteiger partial charge in [-0.15, -0.1) is 0 Å². The SMILES string of the molecule is CC1CC1N=C(N)N1CCN(C(=O)OC(C)(C)C)CC1. The summed E-state index contributed by atoms with van der Waals surface area (Å²) in [5.41, 5.74) is 5.57. The van der Waals surface area contributed by atoms with Gasteiger partial charge in [0.15, 0.2) is 5.96 Å². The number of piperazine rings is 1. The number of guanidine groups is 1. The highest BCUT2D eigenvalue weighted by molar-refractivity contribution is 5.79. The van der Waals surface area contributed by atoms with Crippen molar-refractivity contribution in [3.63, 3.8) is 0 Å². The maximum Gasteiger partial charge on any atom is 0.410 e. The van der Waals surface area contributed by atoms with Crippen LogP contribution < -0.4 is 5.73 Å². The Morgan fingerprint density at radius 2 is 1.70 bits per heavy atom. The Hall–Kier alpha value is -1.46. The minimum Gasteiger partial charge on any atom is -0.444 e. The molecule has 0 aromatic carbocycles. The van der Waals surface area contributed by atoms with Crippen LogP contribution in [0.3, 0.4) is 0 Å². The Balaban J connectivity index is 1.80. The third-order valence-electron chi connectivity index (χ3n) is 3.62. The van der Waals surface area contributed by atoms with Crippen LogP contribution in [0.1, 0.15) is 34.1 Å². The fourth-order valence-electron chi connectivity index (χ4n) is 2.18. The Morgan fingerprint density at radius 1 is 1.20 bits per heavy atom. The van der Waals surface area contributed by atoms with Crippen LogP contribution in [0.4, 0.5) is 4.79 Å². The van der Waals surface area contributed by atoms with E-state index in [1.807, 2.05) is 25.7 Å². The number of hydrogen-bond acceptors (Lipinski definition) is 3. The van der Waals surface area contributed by atoms with Crippen LogP contribution in [0.5, 0.6) is 0 Å². The molecule has 2 aliphatic rings. The van der Waals surface area contributed by atoms with Crippen LogP contribution in [-0.2, 0) is 4.74 Å². The topological polar surface area (TPSA) is 71.2 Å². The normalized spacial score (nSPS) is 27.5. The highest BCUT2D eigenvalue weighted by Gasteiger charge is 2.33. The van der Waals surface area contributed by atoms with E-state index < -0.39 is 5.60 Å². The number of rotatable bonds is 1. The first-order valence-electron chi connectivity index (χ1n) is 7.32. The summed E-state index contributed by atoms with van der Waals surface area (Å²) < 4.78 is 5.37. The second-order valence-corrected chi connectivity index (χ2v) is 6.72. The van der Waals surface area contributed by atoms with Crippen LogP contribution in [0, 0.1) is 5.92 Å². The zero-order chi connectivity index (χ0) is 14.9. The number of nitrogens with two attached hydrogens (primary N) is 1. The first-order chi connectivity index (χ1) is 9.26. The van der Waals surface area contributed by atoms with Gasteiger partial charge in [-0.05, 0) is 33.1 Å². The predicted molar refractivity (Wildman–Crippen MR) is 78.6 cm³/mol. The van der Waals surface area contributed by atoms with Crippen molar-refractivity contribution in [2.75, 3.05) is 26.2 Å². The van der Waals surface area contributed by atoms with E-state index in [0.717, 1.165) is 19.5 Å². The fraction of sp³-hybridized carbons (Fsp3) is 0.857. The molecule has 0 aromatic heterocycles. The highest BCUT2D eigenvalue weighted by atomic mass is 16.6. The molecule has 6 nitrogen and oxygen atoms in total. The Morgan fingerprint density at radius 3 is 2.15 bits per heavy atom. The summed E-state index contributed by atoms with van der Waals surface area (Å²) in [5, 5.41) is 0. The zero-order valence-electron chi connectivity index (χ0n) is 12.9. The monoisotopic (exact) mass is 282 g/mol. The van der Waals surface area contributed by atoms with Gasteiger partial charge in [0.25, 0.3) is 0 Å². The molecule has 2 rings (SSSR count). The molecule has 1 saturated heterocycles. The van der Waals surface area contributed by atoms with Crippen LogP contribution in [0.2, 0.25) is 0 Å². The van der Waals surface area contributed by atoms with E-state index in [0.29, 0.717) is 31.0 Å². The van der Waals surface area contributed by atoms with Gasteiger partial charge in [-0.2, -0.15) is 0 Å². The maximum atomic E-state index is 11.9. The second-order valence-electron chi connectivity index (χ2n) is 6.72. The smallest absolute Gasteiger partial charge is 0.410 e. The summed E-state index contributed by atoms with van der Waals surface area (Å²) in [5.74, 6) is 1.28. The number of hydrogen-bond donors (Lipinski definition) is 1. The third kappa shape index (κ3) is 4.02.